The van der Waals surface area contributed by atoms with Crippen LogP contribution in [0.3, 0.4) is 0 Å². The summed E-state index contributed by atoms with van der Waals surface area (Å²) in [6, 6.07) is 9.13. The molecule has 2 rings (SSSR count). The average Bonchev–Trinajstić information content (AvgIpc) is 2.54. The number of hydrogen-bond donors (Lipinski definition) is 2. The molecule has 0 fully saturated rings. The second-order valence-corrected chi connectivity index (χ2v) is 6.29. The Morgan fingerprint density at radius 3 is 2.87 bits per heavy atom. The SMILES string of the molecule is CCc1nc(SCC(=O)Nc2ccccc2Br)[nH]c(=O)c1C#N. The molecular weight excluding hydrogens is 380 g/mol. The van der Waals surface area contributed by atoms with Crippen LogP contribution in [0.25, 0.3) is 0 Å². The molecule has 2 N–H and O–H groups in total. The van der Waals surface area contributed by atoms with E-state index in [1.807, 2.05) is 31.2 Å². The maximum absolute atomic E-state index is 12.0. The largest absolute Gasteiger partial charge is 0.324 e. The number of carbonyl (C=O) groups is 1. The number of hydrogen-bond acceptors (Lipinski definition) is 5. The molecule has 0 atom stereocenters. The first-order chi connectivity index (χ1) is 11.0. The van der Waals surface area contributed by atoms with Gasteiger partial charge in [-0.2, -0.15) is 5.26 Å². The summed E-state index contributed by atoms with van der Waals surface area (Å²) in [6.45, 7) is 1.82. The van der Waals surface area contributed by atoms with Gasteiger partial charge in [-0.25, -0.2) is 4.98 Å². The number of rotatable bonds is 5. The van der Waals surface area contributed by atoms with Gasteiger partial charge >= 0.3 is 0 Å². The van der Waals surface area contributed by atoms with Gasteiger partial charge in [0, 0.05) is 4.47 Å². The quantitative estimate of drug-likeness (QED) is 0.601. The van der Waals surface area contributed by atoms with Crippen molar-refractivity contribution in [3.63, 3.8) is 0 Å². The predicted molar refractivity (Wildman–Crippen MR) is 92.4 cm³/mol. The molecule has 1 aromatic carbocycles. The molecule has 0 saturated carbocycles. The third kappa shape index (κ3) is 4.43. The van der Waals surface area contributed by atoms with E-state index in [0.29, 0.717) is 23.0 Å². The Kier molecular flexibility index (Phi) is 5.96. The summed E-state index contributed by atoms with van der Waals surface area (Å²) in [6.07, 6.45) is 0.476. The number of para-hydroxylation sites is 1. The van der Waals surface area contributed by atoms with Crippen LogP contribution >= 0.6 is 27.7 Å². The Morgan fingerprint density at radius 2 is 2.22 bits per heavy atom. The van der Waals surface area contributed by atoms with Gasteiger partial charge in [-0.1, -0.05) is 30.8 Å². The fourth-order valence-electron chi connectivity index (χ4n) is 1.82. The number of aryl methyl sites for hydroxylation is 1. The molecule has 8 heteroatoms. The van der Waals surface area contributed by atoms with Crippen molar-refractivity contribution in [2.45, 2.75) is 18.5 Å². The Balaban J connectivity index is 2.05. The van der Waals surface area contributed by atoms with Crippen LogP contribution in [0.2, 0.25) is 0 Å². The summed E-state index contributed by atoms with van der Waals surface area (Å²) >= 11 is 4.47. The lowest BCUT2D eigenvalue weighted by Crippen LogP contribution is -2.18. The molecule has 23 heavy (non-hydrogen) atoms. The highest BCUT2D eigenvalue weighted by atomic mass is 79.9. The number of aromatic nitrogens is 2. The third-order valence-electron chi connectivity index (χ3n) is 2.91. The highest BCUT2D eigenvalue weighted by Crippen LogP contribution is 2.22. The molecule has 0 unspecified atom stereocenters. The van der Waals surface area contributed by atoms with Crippen molar-refractivity contribution in [1.29, 1.82) is 5.26 Å². The van der Waals surface area contributed by atoms with Crippen LogP contribution in [0, 0.1) is 11.3 Å². The molecule has 118 valence electrons. The fourth-order valence-corrected chi connectivity index (χ4v) is 2.88. The van der Waals surface area contributed by atoms with E-state index in [0.717, 1.165) is 16.2 Å². The number of halogens is 1. The van der Waals surface area contributed by atoms with E-state index in [-0.39, 0.29) is 17.2 Å². The van der Waals surface area contributed by atoms with E-state index in [1.165, 1.54) is 0 Å². The normalized spacial score (nSPS) is 10.1. The van der Waals surface area contributed by atoms with Crippen molar-refractivity contribution in [2.24, 2.45) is 0 Å². The minimum atomic E-state index is -0.479. The minimum absolute atomic E-state index is 0.0227. The molecule has 1 heterocycles. The summed E-state index contributed by atoms with van der Waals surface area (Å²) in [7, 11) is 0. The first kappa shape index (κ1) is 17.2. The number of nitrogens with zero attached hydrogens (tertiary/aromatic N) is 2. The summed E-state index contributed by atoms with van der Waals surface area (Å²) in [5.74, 6) is -0.119. The molecule has 2 aromatic rings. The highest BCUT2D eigenvalue weighted by molar-refractivity contribution is 9.10. The summed E-state index contributed by atoms with van der Waals surface area (Å²) in [5.41, 5.74) is 0.654. The van der Waals surface area contributed by atoms with Gasteiger partial charge in [0.05, 0.1) is 17.1 Å². The highest BCUT2D eigenvalue weighted by Gasteiger charge is 2.12. The van der Waals surface area contributed by atoms with Crippen LogP contribution in [-0.4, -0.2) is 21.6 Å². The lowest BCUT2D eigenvalue weighted by atomic mass is 10.2. The second-order valence-electron chi connectivity index (χ2n) is 4.47. The van der Waals surface area contributed by atoms with Crippen LogP contribution in [-0.2, 0) is 11.2 Å². The van der Waals surface area contributed by atoms with Crippen molar-refractivity contribution in [3.8, 4) is 6.07 Å². The number of nitrogens with one attached hydrogen (secondary N) is 2. The van der Waals surface area contributed by atoms with Crippen molar-refractivity contribution in [3.05, 3.63) is 50.3 Å². The number of carbonyl (C=O) groups excluding carboxylic acids is 1. The monoisotopic (exact) mass is 392 g/mol. The minimum Gasteiger partial charge on any atom is -0.324 e. The molecule has 0 saturated heterocycles. The molecule has 0 radical (unpaired) electrons. The molecule has 0 aliphatic rings. The van der Waals surface area contributed by atoms with Crippen molar-refractivity contribution in [2.75, 3.05) is 11.1 Å². The number of thioether (sulfide) groups is 1. The Hall–Kier alpha value is -2.11. The summed E-state index contributed by atoms with van der Waals surface area (Å²) in [4.78, 5) is 30.5. The maximum atomic E-state index is 12.0. The van der Waals surface area contributed by atoms with Crippen molar-refractivity contribution < 1.29 is 4.79 Å². The van der Waals surface area contributed by atoms with Gasteiger partial charge in [-0.05, 0) is 34.5 Å². The van der Waals surface area contributed by atoms with Crippen LogP contribution in [0.1, 0.15) is 18.2 Å². The van der Waals surface area contributed by atoms with Crippen LogP contribution in [0.4, 0.5) is 5.69 Å². The molecule has 0 aliphatic carbocycles. The molecule has 6 nitrogen and oxygen atoms in total. The van der Waals surface area contributed by atoms with Gasteiger partial charge in [0.25, 0.3) is 5.56 Å². The molecule has 0 spiro atoms. The van der Waals surface area contributed by atoms with Crippen LogP contribution in [0.15, 0.2) is 38.7 Å². The first-order valence-electron chi connectivity index (χ1n) is 6.75. The summed E-state index contributed by atoms with van der Waals surface area (Å²) < 4.78 is 0.788. The van der Waals surface area contributed by atoms with Crippen molar-refractivity contribution in [1.82, 2.24) is 9.97 Å². The summed E-state index contributed by atoms with van der Waals surface area (Å²) in [5, 5.41) is 12.0. The third-order valence-corrected chi connectivity index (χ3v) is 4.47. The topological polar surface area (TPSA) is 98.6 Å². The predicted octanol–water partition coefficient (Wildman–Crippen LogP) is 2.70. The van der Waals surface area contributed by atoms with Gasteiger partial charge in [-0.3, -0.25) is 9.59 Å². The molecule has 1 amide bonds. The molecule has 0 aliphatic heterocycles. The Morgan fingerprint density at radius 1 is 1.48 bits per heavy atom. The van der Waals surface area contributed by atoms with Gasteiger partial charge in [0.2, 0.25) is 5.91 Å². The van der Waals surface area contributed by atoms with E-state index in [1.54, 1.807) is 6.07 Å². The number of aromatic amines is 1. The van der Waals surface area contributed by atoms with Crippen molar-refractivity contribution >= 4 is 39.3 Å². The second kappa shape index (κ2) is 7.94. The molecular formula is C15H13BrN4O2S. The van der Waals surface area contributed by atoms with Gasteiger partial charge in [0.15, 0.2) is 5.16 Å². The lowest BCUT2D eigenvalue weighted by molar-refractivity contribution is -0.113. The van der Waals surface area contributed by atoms with Gasteiger partial charge in [0.1, 0.15) is 11.6 Å². The van der Waals surface area contributed by atoms with Gasteiger partial charge < -0.3 is 10.3 Å². The van der Waals surface area contributed by atoms with Gasteiger partial charge in [-0.15, -0.1) is 0 Å². The standard InChI is InChI=1S/C15H13BrN4O2S/c1-2-11-9(7-17)14(22)20-15(19-11)23-8-13(21)18-12-6-4-3-5-10(12)16/h3-6H,2,8H2,1H3,(H,18,21)(H,19,20,22). The molecule has 0 bridgehead atoms. The Bertz CT molecular complexity index is 829. The number of amides is 1. The molecule has 1 aromatic heterocycles. The zero-order valence-corrected chi connectivity index (χ0v) is 14.6. The fraction of sp³-hybridized carbons (Fsp3) is 0.200. The average molecular weight is 393 g/mol. The zero-order valence-electron chi connectivity index (χ0n) is 12.2. The number of benzene rings is 1. The maximum Gasteiger partial charge on any atom is 0.269 e. The number of anilines is 1. The van der Waals surface area contributed by atoms with E-state index in [2.05, 4.69) is 31.2 Å². The smallest absolute Gasteiger partial charge is 0.269 e. The van der Waals surface area contributed by atoms with Crippen LogP contribution < -0.4 is 10.9 Å². The van der Waals surface area contributed by atoms with E-state index in [4.69, 9.17) is 5.26 Å². The Labute approximate surface area is 145 Å². The van der Waals surface area contributed by atoms with E-state index < -0.39 is 5.56 Å². The zero-order chi connectivity index (χ0) is 16.8. The van der Waals surface area contributed by atoms with E-state index in [9.17, 15) is 9.59 Å². The number of H-pyrrole nitrogens is 1. The lowest BCUT2D eigenvalue weighted by Gasteiger charge is -2.07. The van der Waals surface area contributed by atoms with Crippen LogP contribution in [0.5, 0.6) is 0 Å². The number of nitriles is 1. The van der Waals surface area contributed by atoms with E-state index >= 15 is 0 Å². The first-order valence-corrected chi connectivity index (χ1v) is 8.53.